The zero-order chi connectivity index (χ0) is 17.1. The van der Waals surface area contributed by atoms with E-state index >= 15 is 0 Å². The first-order chi connectivity index (χ1) is 11.5. The average molecular weight is 346 g/mol. The Morgan fingerprint density at radius 1 is 1.29 bits per heavy atom. The second-order valence-corrected chi connectivity index (χ2v) is 6.60. The van der Waals surface area contributed by atoms with Crippen molar-refractivity contribution in [3.8, 4) is 0 Å². The van der Waals surface area contributed by atoms with Crippen LogP contribution in [0.5, 0.6) is 0 Å². The van der Waals surface area contributed by atoms with E-state index in [1.54, 1.807) is 18.2 Å². The second-order valence-electron chi connectivity index (χ2n) is 6.16. The molecular weight excluding hydrogens is 326 g/mol. The molecule has 2 aromatic carbocycles. The number of hydrogen-bond acceptors (Lipinski definition) is 3. The highest BCUT2D eigenvalue weighted by molar-refractivity contribution is 6.30. The minimum Gasteiger partial charge on any atom is -0.478 e. The number of carbonyl (C=O) groups is 1. The molecule has 1 fully saturated rings. The van der Waals surface area contributed by atoms with Gasteiger partial charge in [0, 0.05) is 24.2 Å². The van der Waals surface area contributed by atoms with Crippen molar-refractivity contribution in [2.24, 2.45) is 0 Å². The molecule has 0 bridgehead atoms. The quantitative estimate of drug-likeness (QED) is 0.910. The number of aromatic carboxylic acids is 1. The summed E-state index contributed by atoms with van der Waals surface area (Å²) in [5, 5.41) is 9.84. The predicted molar refractivity (Wildman–Crippen MR) is 93.4 cm³/mol. The van der Waals surface area contributed by atoms with Crippen LogP contribution in [0.4, 0.5) is 0 Å². The molecule has 0 aliphatic carbocycles. The van der Waals surface area contributed by atoms with Crippen LogP contribution in [0.2, 0.25) is 5.02 Å². The third-order valence-electron chi connectivity index (χ3n) is 4.34. The molecule has 0 saturated carbocycles. The highest BCUT2D eigenvalue weighted by atomic mass is 35.5. The van der Waals surface area contributed by atoms with Crippen LogP contribution in [0.25, 0.3) is 0 Å². The fraction of sp³-hybridized carbons (Fsp3) is 0.316. The van der Waals surface area contributed by atoms with Gasteiger partial charge in [-0.15, -0.1) is 0 Å². The fourth-order valence-corrected chi connectivity index (χ4v) is 3.17. The maximum Gasteiger partial charge on any atom is 0.335 e. The average Bonchev–Trinajstić information content (AvgIpc) is 2.57. The molecule has 2 atom stereocenters. The maximum atomic E-state index is 11.1. The van der Waals surface area contributed by atoms with Gasteiger partial charge >= 0.3 is 5.97 Å². The van der Waals surface area contributed by atoms with Gasteiger partial charge in [0.05, 0.1) is 18.3 Å². The van der Waals surface area contributed by atoms with Crippen molar-refractivity contribution in [1.29, 1.82) is 0 Å². The summed E-state index contributed by atoms with van der Waals surface area (Å²) in [5.74, 6) is -0.899. The lowest BCUT2D eigenvalue weighted by Gasteiger charge is -2.38. The normalized spacial score (nSPS) is 21.6. The Labute approximate surface area is 146 Å². The van der Waals surface area contributed by atoms with Gasteiger partial charge in [0.2, 0.25) is 0 Å². The molecule has 2 aromatic rings. The van der Waals surface area contributed by atoms with Gasteiger partial charge in [-0.25, -0.2) is 4.79 Å². The predicted octanol–water partition coefficient (Wildman–Crippen LogP) is 4.00. The topological polar surface area (TPSA) is 49.8 Å². The van der Waals surface area contributed by atoms with Crippen LogP contribution in [-0.2, 0) is 11.3 Å². The van der Waals surface area contributed by atoms with Crippen LogP contribution < -0.4 is 0 Å². The summed E-state index contributed by atoms with van der Waals surface area (Å²) in [7, 11) is 0. The molecule has 1 heterocycles. The van der Waals surface area contributed by atoms with Crippen LogP contribution >= 0.6 is 11.6 Å². The Balaban J connectivity index is 1.74. The molecule has 24 heavy (non-hydrogen) atoms. The molecule has 2 unspecified atom stereocenters. The Kier molecular flexibility index (Phi) is 5.19. The molecule has 1 aliphatic rings. The van der Waals surface area contributed by atoms with Crippen LogP contribution in [0, 0.1) is 0 Å². The lowest BCUT2D eigenvalue weighted by Crippen LogP contribution is -2.44. The van der Waals surface area contributed by atoms with Crippen molar-refractivity contribution in [3.63, 3.8) is 0 Å². The molecular formula is C19H20ClNO3. The molecule has 4 nitrogen and oxygen atoms in total. The lowest BCUT2D eigenvalue weighted by atomic mass is 10.0. The fourth-order valence-electron chi connectivity index (χ4n) is 2.97. The molecule has 0 aromatic heterocycles. The number of carboxylic acid groups (broad SMARTS) is 1. The summed E-state index contributed by atoms with van der Waals surface area (Å²) in [6.07, 6.45) is -0.0254. The molecule has 5 heteroatoms. The summed E-state index contributed by atoms with van der Waals surface area (Å²) in [6.45, 7) is 4.20. The van der Waals surface area contributed by atoms with E-state index in [9.17, 15) is 4.79 Å². The smallest absolute Gasteiger partial charge is 0.335 e. The Hall–Kier alpha value is -1.88. The van der Waals surface area contributed by atoms with Crippen molar-refractivity contribution >= 4 is 17.6 Å². The van der Waals surface area contributed by atoms with Gasteiger partial charge in [-0.1, -0.05) is 35.9 Å². The highest BCUT2D eigenvalue weighted by Gasteiger charge is 2.27. The van der Waals surface area contributed by atoms with Gasteiger partial charge in [0.15, 0.2) is 0 Å². The number of carboxylic acids is 1. The molecule has 0 amide bonds. The van der Waals surface area contributed by atoms with Gasteiger partial charge in [0.1, 0.15) is 0 Å². The minimum atomic E-state index is -0.899. The zero-order valence-corrected chi connectivity index (χ0v) is 14.2. The number of nitrogens with zero attached hydrogens (tertiary/aromatic N) is 1. The lowest BCUT2D eigenvalue weighted by molar-refractivity contribution is -0.0633. The number of ether oxygens (including phenoxy) is 1. The van der Waals surface area contributed by atoms with Crippen LogP contribution in [0.3, 0.4) is 0 Å². The van der Waals surface area contributed by atoms with Crippen LogP contribution in [0.15, 0.2) is 48.5 Å². The summed E-state index contributed by atoms with van der Waals surface area (Å²) < 4.78 is 5.97. The Morgan fingerprint density at radius 3 is 2.83 bits per heavy atom. The van der Waals surface area contributed by atoms with Crippen LogP contribution in [-0.4, -0.2) is 35.2 Å². The van der Waals surface area contributed by atoms with Crippen molar-refractivity contribution in [3.05, 3.63) is 70.2 Å². The summed E-state index contributed by atoms with van der Waals surface area (Å²) in [5.41, 5.74) is 2.38. The summed E-state index contributed by atoms with van der Waals surface area (Å²) in [6, 6.07) is 15.1. The van der Waals surface area contributed by atoms with E-state index in [1.807, 2.05) is 30.3 Å². The monoisotopic (exact) mass is 345 g/mol. The largest absolute Gasteiger partial charge is 0.478 e. The number of hydrogen-bond donors (Lipinski definition) is 1. The molecule has 126 valence electrons. The molecule has 0 radical (unpaired) electrons. The standard InChI is InChI=1S/C19H20ClNO3/c1-13-12-24-18(15-5-3-7-17(20)9-15)11-21(13)10-14-4-2-6-16(8-14)19(22)23/h2-9,13,18H,10-12H2,1H3,(H,22,23). The summed E-state index contributed by atoms with van der Waals surface area (Å²) in [4.78, 5) is 13.4. The van der Waals surface area contributed by atoms with E-state index in [-0.39, 0.29) is 12.1 Å². The van der Waals surface area contributed by atoms with Crippen molar-refractivity contribution in [2.75, 3.05) is 13.2 Å². The molecule has 1 aliphatic heterocycles. The second kappa shape index (κ2) is 7.34. The van der Waals surface area contributed by atoms with Gasteiger partial charge in [-0.05, 0) is 42.3 Å². The third kappa shape index (κ3) is 3.96. The first-order valence-electron chi connectivity index (χ1n) is 7.96. The Bertz CT molecular complexity index is 734. The number of benzene rings is 2. The van der Waals surface area contributed by atoms with Crippen molar-refractivity contribution < 1.29 is 14.6 Å². The van der Waals surface area contributed by atoms with E-state index in [0.717, 1.165) is 17.7 Å². The van der Waals surface area contributed by atoms with Gasteiger partial charge in [0.25, 0.3) is 0 Å². The van der Waals surface area contributed by atoms with Gasteiger partial charge < -0.3 is 9.84 Å². The van der Waals surface area contributed by atoms with E-state index in [0.29, 0.717) is 23.7 Å². The first kappa shape index (κ1) is 17.0. The van der Waals surface area contributed by atoms with E-state index < -0.39 is 5.97 Å². The highest BCUT2D eigenvalue weighted by Crippen LogP contribution is 2.27. The third-order valence-corrected chi connectivity index (χ3v) is 4.58. The van der Waals surface area contributed by atoms with Crippen molar-refractivity contribution in [1.82, 2.24) is 4.90 Å². The van der Waals surface area contributed by atoms with Gasteiger partial charge in [-0.3, -0.25) is 4.90 Å². The SMILES string of the molecule is CC1COC(c2cccc(Cl)c2)CN1Cc1cccc(C(=O)O)c1. The van der Waals surface area contributed by atoms with Crippen molar-refractivity contribution in [2.45, 2.75) is 25.6 Å². The van der Waals surface area contributed by atoms with E-state index in [1.165, 1.54) is 0 Å². The number of morpholine rings is 1. The van der Waals surface area contributed by atoms with Crippen LogP contribution in [0.1, 0.15) is 34.5 Å². The van der Waals surface area contributed by atoms with E-state index in [4.69, 9.17) is 21.4 Å². The molecule has 1 saturated heterocycles. The Morgan fingerprint density at radius 2 is 2.08 bits per heavy atom. The number of rotatable bonds is 4. The molecule has 0 spiro atoms. The summed E-state index contributed by atoms with van der Waals surface area (Å²) >= 11 is 6.08. The molecule has 1 N–H and O–H groups in total. The minimum absolute atomic E-state index is 0.0254. The van der Waals surface area contributed by atoms with E-state index in [2.05, 4.69) is 11.8 Å². The number of halogens is 1. The zero-order valence-electron chi connectivity index (χ0n) is 13.5. The maximum absolute atomic E-state index is 11.1. The first-order valence-corrected chi connectivity index (χ1v) is 8.34. The van der Waals surface area contributed by atoms with Gasteiger partial charge in [-0.2, -0.15) is 0 Å². The molecule has 3 rings (SSSR count).